The number of aryl methyl sites for hydroxylation is 1. The Morgan fingerprint density at radius 3 is 2.50 bits per heavy atom. The van der Waals surface area contributed by atoms with Crippen molar-refractivity contribution in [3.63, 3.8) is 0 Å². The van der Waals surface area contributed by atoms with E-state index in [1.54, 1.807) is 48.5 Å². The maximum absolute atomic E-state index is 12.5. The lowest BCUT2D eigenvalue weighted by Gasteiger charge is -2.10. The molecule has 0 unspecified atom stereocenters. The van der Waals surface area contributed by atoms with E-state index >= 15 is 0 Å². The van der Waals surface area contributed by atoms with E-state index in [4.69, 9.17) is 10.2 Å². The van der Waals surface area contributed by atoms with Crippen LogP contribution in [0.3, 0.4) is 0 Å². The second kappa shape index (κ2) is 5.47. The number of hydrogen-bond acceptors (Lipinski definition) is 4. The Kier molecular flexibility index (Phi) is 3.64. The molecule has 2 aromatic carbocycles. The van der Waals surface area contributed by atoms with Gasteiger partial charge in [0.05, 0.1) is 11.4 Å². The van der Waals surface area contributed by atoms with Crippen LogP contribution in [0.25, 0.3) is 10.8 Å². The van der Waals surface area contributed by atoms with Gasteiger partial charge in [0.2, 0.25) is 10.0 Å². The Labute approximate surface area is 128 Å². The topological polar surface area (TPSA) is 85.3 Å². The van der Waals surface area contributed by atoms with Crippen molar-refractivity contribution in [3.8, 4) is 0 Å². The third kappa shape index (κ3) is 2.70. The van der Waals surface area contributed by atoms with Gasteiger partial charge in [-0.1, -0.05) is 24.3 Å². The molecule has 0 saturated carbocycles. The highest BCUT2D eigenvalue weighted by molar-refractivity contribution is 7.89. The lowest BCUT2D eigenvalue weighted by Crippen LogP contribution is -2.23. The quantitative estimate of drug-likeness (QED) is 0.725. The summed E-state index contributed by atoms with van der Waals surface area (Å²) in [6.45, 7) is 1.92. The van der Waals surface area contributed by atoms with E-state index in [0.29, 0.717) is 16.8 Å². The molecule has 3 aromatic rings. The minimum Gasteiger partial charge on any atom is -0.465 e. The zero-order chi connectivity index (χ0) is 15.7. The molecule has 1 heterocycles. The first-order valence-electron chi connectivity index (χ1n) is 6.79. The highest BCUT2D eigenvalue weighted by Crippen LogP contribution is 2.27. The van der Waals surface area contributed by atoms with Crippen molar-refractivity contribution in [1.29, 1.82) is 0 Å². The Morgan fingerprint density at radius 2 is 1.77 bits per heavy atom. The van der Waals surface area contributed by atoms with Crippen LogP contribution in [-0.2, 0) is 16.6 Å². The highest BCUT2D eigenvalue weighted by Gasteiger charge is 2.18. The number of anilines is 1. The molecule has 0 bridgehead atoms. The van der Waals surface area contributed by atoms with Crippen LogP contribution in [-0.4, -0.2) is 8.42 Å². The van der Waals surface area contributed by atoms with Crippen molar-refractivity contribution in [1.82, 2.24) is 4.72 Å². The molecule has 0 atom stereocenters. The highest BCUT2D eigenvalue weighted by atomic mass is 32.2. The van der Waals surface area contributed by atoms with Crippen molar-refractivity contribution in [2.24, 2.45) is 0 Å². The second-order valence-corrected chi connectivity index (χ2v) is 6.77. The maximum atomic E-state index is 12.5. The van der Waals surface area contributed by atoms with Crippen LogP contribution in [0.2, 0.25) is 0 Å². The van der Waals surface area contributed by atoms with E-state index in [1.807, 2.05) is 6.92 Å². The first-order valence-corrected chi connectivity index (χ1v) is 8.28. The molecule has 114 valence electrons. The number of hydrogen-bond donors (Lipinski definition) is 2. The SMILES string of the molecule is Cc1ccc(CNS(=O)(=O)c2cccc3c(N)cccc23)o1. The van der Waals surface area contributed by atoms with Crippen LogP contribution in [0.1, 0.15) is 11.5 Å². The number of benzene rings is 2. The molecule has 0 spiro atoms. The smallest absolute Gasteiger partial charge is 0.241 e. The normalized spacial score (nSPS) is 11.9. The minimum absolute atomic E-state index is 0.106. The molecule has 3 rings (SSSR count). The number of sulfonamides is 1. The standard InChI is InChI=1S/C16H16N2O3S/c1-11-8-9-12(21-11)10-18-22(19,20)16-7-3-4-13-14(16)5-2-6-15(13)17/h2-9,18H,10,17H2,1H3. The van der Waals surface area contributed by atoms with Crippen LogP contribution in [0, 0.1) is 6.92 Å². The molecule has 0 aliphatic heterocycles. The zero-order valence-electron chi connectivity index (χ0n) is 12.0. The van der Waals surface area contributed by atoms with E-state index in [9.17, 15) is 8.42 Å². The van der Waals surface area contributed by atoms with Crippen LogP contribution in [0.5, 0.6) is 0 Å². The van der Waals surface area contributed by atoms with Crippen molar-refractivity contribution in [3.05, 3.63) is 60.1 Å². The number of nitrogen functional groups attached to an aromatic ring is 1. The summed E-state index contributed by atoms with van der Waals surface area (Å²) in [5.74, 6) is 1.31. The summed E-state index contributed by atoms with van der Waals surface area (Å²) in [6, 6.07) is 13.8. The molecule has 22 heavy (non-hydrogen) atoms. The Morgan fingerprint density at radius 1 is 1.05 bits per heavy atom. The second-order valence-electron chi connectivity index (χ2n) is 5.04. The van der Waals surface area contributed by atoms with E-state index in [-0.39, 0.29) is 11.4 Å². The fourth-order valence-electron chi connectivity index (χ4n) is 2.36. The van der Waals surface area contributed by atoms with Crippen LogP contribution in [0.4, 0.5) is 5.69 Å². The third-order valence-corrected chi connectivity index (χ3v) is 4.90. The van der Waals surface area contributed by atoms with Crippen molar-refractivity contribution in [2.75, 3.05) is 5.73 Å². The summed E-state index contributed by atoms with van der Waals surface area (Å²) in [4.78, 5) is 0.209. The number of nitrogens with two attached hydrogens (primary N) is 1. The van der Waals surface area contributed by atoms with Gasteiger partial charge in [0.25, 0.3) is 0 Å². The fraction of sp³-hybridized carbons (Fsp3) is 0.125. The Hall–Kier alpha value is -2.31. The number of nitrogens with one attached hydrogen (secondary N) is 1. The molecule has 0 radical (unpaired) electrons. The predicted octanol–water partition coefficient (Wildman–Crippen LogP) is 2.80. The van der Waals surface area contributed by atoms with Crippen LogP contribution >= 0.6 is 0 Å². The molecule has 0 aliphatic rings. The van der Waals surface area contributed by atoms with Crippen molar-refractivity contribution in [2.45, 2.75) is 18.4 Å². The maximum Gasteiger partial charge on any atom is 0.241 e. The first kappa shape index (κ1) is 14.6. The van der Waals surface area contributed by atoms with E-state index in [2.05, 4.69) is 4.72 Å². The van der Waals surface area contributed by atoms with Gasteiger partial charge in [-0.05, 0) is 31.2 Å². The Bertz CT molecular complexity index is 929. The summed E-state index contributed by atoms with van der Waals surface area (Å²) >= 11 is 0. The average Bonchev–Trinajstić information content (AvgIpc) is 2.91. The van der Waals surface area contributed by atoms with Crippen molar-refractivity contribution < 1.29 is 12.8 Å². The molecule has 5 nitrogen and oxygen atoms in total. The predicted molar refractivity (Wildman–Crippen MR) is 85.8 cm³/mol. The van der Waals surface area contributed by atoms with Gasteiger partial charge in [-0.15, -0.1) is 0 Å². The van der Waals surface area contributed by atoms with Gasteiger partial charge in [0.15, 0.2) is 0 Å². The van der Waals surface area contributed by atoms with E-state index < -0.39 is 10.0 Å². The molecular formula is C16H16N2O3S. The molecule has 0 aliphatic carbocycles. The number of fused-ring (bicyclic) bond motifs is 1. The summed E-state index contributed by atoms with van der Waals surface area (Å²) in [5.41, 5.74) is 6.46. The summed E-state index contributed by atoms with van der Waals surface area (Å²) in [6.07, 6.45) is 0. The minimum atomic E-state index is -3.66. The van der Waals surface area contributed by atoms with Gasteiger partial charge in [-0.3, -0.25) is 0 Å². The van der Waals surface area contributed by atoms with E-state index in [0.717, 1.165) is 11.1 Å². The molecule has 0 saturated heterocycles. The molecule has 3 N–H and O–H groups in total. The lowest BCUT2D eigenvalue weighted by molar-refractivity contribution is 0.475. The van der Waals surface area contributed by atoms with Gasteiger partial charge in [0.1, 0.15) is 11.5 Å². The summed E-state index contributed by atoms with van der Waals surface area (Å²) in [7, 11) is -3.66. The Balaban J connectivity index is 1.97. The summed E-state index contributed by atoms with van der Waals surface area (Å²) < 4.78 is 33.0. The van der Waals surface area contributed by atoms with Crippen LogP contribution < -0.4 is 10.5 Å². The van der Waals surface area contributed by atoms with Gasteiger partial charge in [-0.2, -0.15) is 0 Å². The van der Waals surface area contributed by atoms with E-state index in [1.165, 1.54) is 0 Å². The van der Waals surface area contributed by atoms with Gasteiger partial charge in [-0.25, -0.2) is 13.1 Å². The van der Waals surface area contributed by atoms with Gasteiger partial charge in [0, 0.05) is 16.5 Å². The number of furan rings is 1. The van der Waals surface area contributed by atoms with Gasteiger partial charge < -0.3 is 10.2 Å². The molecular weight excluding hydrogens is 300 g/mol. The van der Waals surface area contributed by atoms with Crippen LogP contribution in [0.15, 0.2) is 57.8 Å². The molecule has 1 aromatic heterocycles. The molecule has 6 heteroatoms. The third-order valence-electron chi connectivity index (χ3n) is 3.44. The van der Waals surface area contributed by atoms with Gasteiger partial charge >= 0.3 is 0 Å². The van der Waals surface area contributed by atoms with Crippen molar-refractivity contribution >= 4 is 26.5 Å². The average molecular weight is 316 g/mol. The molecule has 0 amide bonds. The fourth-order valence-corrected chi connectivity index (χ4v) is 3.58. The lowest BCUT2D eigenvalue weighted by atomic mass is 10.1. The monoisotopic (exact) mass is 316 g/mol. The summed E-state index contributed by atoms with van der Waals surface area (Å²) in [5, 5.41) is 1.32. The first-order chi connectivity index (χ1) is 10.5. The molecule has 0 fully saturated rings. The largest absolute Gasteiger partial charge is 0.465 e. The zero-order valence-corrected chi connectivity index (χ0v) is 12.9. The number of rotatable bonds is 4.